The van der Waals surface area contributed by atoms with E-state index in [4.69, 9.17) is 9.47 Å². The lowest BCUT2D eigenvalue weighted by Gasteiger charge is -2.16. The number of nitrogens with zero attached hydrogens (tertiary/aromatic N) is 1. The standard InChI is InChI=1S/C27H45NO4/c1-3-4-5-6-7-8-9-10-11-12-13-14-15-19-22-31-26(29)23-28(2)27(30)32-24-25-20-17-16-18-21-25/h16-18,20-21H,3-15,19,22-24H2,1-2H3. The fourth-order valence-electron chi connectivity index (χ4n) is 3.62. The van der Waals surface area contributed by atoms with Crippen molar-refractivity contribution in [1.82, 2.24) is 4.90 Å². The van der Waals surface area contributed by atoms with E-state index in [-0.39, 0.29) is 19.1 Å². The summed E-state index contributed by atoms with van der Waals surface area (Å²) in [6.45, 7) is 2.79. The maximum absolute atomic E-state index is 12.0. The second-order valence-corrected chi connectivity index (χ2v) is 8.71. The van der Waals surface area contributed by atoms with Gasteiger partial charge in [-0.15, -0.1) is 0 Å². The number of amides is 1. The predicted octanol–water partition coefficient (Wildman–Crippen LogP) is 7.28. The van der Waals surface area contributed by atoms with E-state index < -0.39 is 6.09 Å². The lowest BCUT2D eigenvalue weighted by molar-refractivity contribution is -0.144. The van der Waals surface area contributed by atoms with Gasteiger partial charge in [0.05, 0.1) is 6.61 Å². The Kier molecular flexibility index (Phi) is 17.2. The lowest BCUT2D eigenvalue weighted by atomic mass is 10.0. The van der Waals surface area contributed by atoms with Gasteiger partial charge in [-0.2, -0.15) is 0 Å². The van der Waals surface area contributed by atoms with Crippen molar-refractivity contribution in [3.05, 3.63) is 35.9 Å². The molecule has 0 saturated carbocycles. The molecule has 0 spiro atoms. The van der Waals surface area contributed by atoms with Crippen LogP contribution in [-0.2, 0) is 20.9 Å². The molecule has 0 unspecified atom stereocenters. The molecule has 5 heteroatoms. The average molecular weight is 448 g/mol. The number of hydrogen-bond donors (Lipinski definition) is 0. The normalized spacial score (nSPS) is 10.7. The molecular formula is C27H45NO4. The first-order valence-corrected chi connectivity index (χ1v) is 12.7. The van der Waals surface area contributed by atoms with Crippen molar-refractivity contribution in [2.24, 2.45) is 0 Å². The molecule has 0 N–H and O–H groups in total. The zero-order valence-electron chi connectivity index (χ0n) is 20.5. The number of benzene rings is 1. The summed E-state index contributed by atoms with van der Waals surface area (Å²) in [6.07, 6.45) is 17.6. The van der Waals surface area contributed by atoms with E-state index in [9.17, 15) is 9.59 Å². The molecule has 32 heavy (non-hydrogen) atoms. The molecule has 0 aromatic heterocycles. The summed E-state index contributed by atoms with van der Waals surface area (Å²) in [5, 5.41) is 0. The maximum atomic E-state index is 12.0. The molecule has 1 amide bonds. The van der Waals surface area contributed by atoms with E-state index in [1.165, 1.54) is 81.9 Å². The molecule has 0 atom stereocenters. The van der Waals surface area contributed by atoms with Gasteiger partial charge in [-0.3, -0.25) is 4.79 Å². The summed E-state index contributed by atoms with van der Waals surface area (Å²) in [4.78, 5) is 25.1. The van der Waals surface area contributed by atoms with Crippen LogP contribution in [0.3, 0.4) is 0 Å². The molecule has 1 aromatic carbocycles. The largest absolute Gasteiger partial charge is 0.464 e. The SMILES string of the molecule is CCCCCCCCCCCCCCCCOC(=O)CN(C)C(=O)OCc1ccccc1. The number of carbonyl (C=O) groups is 2. The van der Waals surface area contributed by atoms with Crippen LogP contribution in [-0.4, -0.2) is 37.2 Å². The predicted molar refractivity (Wildman–Crippen MR) is 131 cm³/mol. The van der Waals surface area contributed by atoms with Gasteiger partial charge in [0, 0.05) is 7.05 Å². The van der Waals surface area contributed by atoms with E-state index >= 15 is 0 Å². The van der Waals surface area contributed by atoms with Gasteiger partial charge in [0.25, 0.3) is 0 Å². The van der Waals surface area contributed by atoms with E-state index in [2.05, 4.69) is 6.92 Å². The van der Waals surface area contributed by atoms with Gasteiger partial charge in [-0.05, 0) is 12.0 Å². The fourth-order valence-corrected chi connectivity index (χ4v) is 3.62. The zero-order chi connectivity index (χ0) is 23.3. The van der Waals surface area contributed by atoms with E-state index in [0.29, 0.717) is 6.61 Å². The van der Waals surface area contributed by atoms with Crippen LogP contribution < -0.4 is 0 Å². The first kappa shape index (κ1) is 28.0. The van der Waals surface area contributed by atoms with Crippen LogP contribution >= 0.6 is 0 Å². The molecule has 0 fully saturated rings. The van der Waals surface area contributed by atoms with Crippen LogP contribution in [0.4, 0.5) is 4.79 Å². The number of unbranched alkanes of at least 4 members (excludes halogenated alkanes) is 13. The third kappa shape index (κ3) is 15.7. The fraction of sp³-hybridized carbons (Fsp3) is 0.704. The summed E-state index contributed by atoms with van der Waals surface area (Å²) in [5.41, 5.74) is 0.912. The summed E-state index contributed by atoms with van der Waals surface area (Å²) in [7, 11) is 1.54. The topological polar surface area (TPSA) is 55.8 Å². The first-order valence-electron chi connectivity index (χ1n) is 12.7. The Morgan fingerprint density at radius 3 is 1.75 bits per heavy atom. The summed E-state index contributed by atoms with van der Waals surface area (Å²) >= 11 is 0. The number of likely N-dealkylation sites (N-methyl/N-ethyl adjacent to an activating group) is 1. The third-order valence-electron chi connectivity index (χ3n) is 5.64. The van der Waals surface area contributed by atoms with Crippen LogP contribution in [0, 0.1) is 0 Å². The Bertz CT molecular complexity index is 591. The van der Waals surface area contributed by atoms with Gasteiger partial charge >= 0.3 is 12.1 Å². The molecule has 0 heterocycles. The van der Waals surface area contributed by atoms with Gasteiger partial charge in [0.15, 0.2) is 0 Å². The van der Waals surface area contributed by atoms with Gasteiger partial charge in [-0.25, -0.2) is 4.79 Å². The highest BCUT2D eigenvalue weighted by atomic mass is 16.6. The molecule has 0 bridgehead atoms. The van der Waals surface area contributed by atoms with E-state index in [1.54, 1.807) is 7.05 Å². The molecule has 0 aliphatic heterocycles. The van der Waals surface area contributed by atoms with Crippen LogP contribution in [0.2, 0.25) is 0 Å². The second-order valence-electron chi connectivity index (χ2n) is 8.71. The number of ether oxygens (including phenoxy) is 2. The highest BCUT2D eigenvalue weighted by Crippen LogP contribution is 2.13. The molecule has 1 aromatic rings. The van der Waals surface area contributed by atoms with Crippen LogP contribution in [0.25, 0.3) is 0 Å². The zero-order valence-corrected chi connectivity index (χ0v) is 20.5. The highest BCUT2D eigenvalue weighted by Gasteiger charge is 2.15. The van der Waals surface area contributed by atoms with Crippen molar-refractivity contribution in [2.75, 3.05) is 20.2 Å². The molecule has 5 nitrogen and oxygen atoms in total. The summed E-state index contributed by atoms with van der Waals surface area (Å²) in [6, 6.07) is 9.46. The molecule has 0 radical (unpaired) electrons. The number of hydrogen-bond acceptors (Lipinski definition) is 4. The molecule has 0 aliphatic rings. The number of rotatable bonds is 19. The Balaban J connectivity index is 1.89. The minimum absolute atomic E-state index is 0.0910. The smallest absolute Gasteiger partial charge is 0.410 e. The van der Waals surface area contributed by atoms with Crippen molar-refractivity contribution in [2.45, 2.75) is 103 Å². The van der Waals surface area contributed by atoms with E-state index in [0.717, 1.165) is 18.4 Å². The van der Waals surface area contributed by atoms with Crippen LogP contribution in [0.1, 0.15) is 102 Å². The molecule has 182 valence electrons. The maximum Gasteiger partial charge on any atom is 0.410 e. The Labute approximate surface area is 195 Å². The highest BCUT2D eigenvalue weighted by molar-refractivity contribution is 5.77. The minimum atomic E-state index is -0.526. The summed E-state index contributed by atoms with van der Waals surface area (Å²) in [5.74, 6) is -0.390. The van der Waals surface area contributed by atoms with Crippen LogP contribution in [0.15, 0.2) is 30.3 Å². The molecule has 1 rings (SSSR count). The number of esters is 1. The monoisotopic (exact) mass is 447 g/mol. The minimum Gasteiger partial charge on any atom is -0.464 e. The van der Waals surface area contributed by atoms with Crippen molar-refractivity contribution >= 4 is 12.1 Å². The Morgan fingerprint density at radius 2 is 1.22 bits per heavy atom. The van der Waals surface area contributed by atoms with Gasteiger partial charge in [0.1, 0.15) is 13.2 Å². The van der Waals surface area contributed by atoms with E-state index in [1.807, 2.05) is 30.3 Å². The van der Waals surface area contributed by atoms with Crippen LogP contribution in [0.5, 0.6) is 0 Å². The third-order valence-corrected chi connectivity index (χ3v) is 5.64. The van der Waals surface area contributed by atoms with Crippen molar-refractivity contribution in [3.8, 4) is 0 Å². The van der Waals surface area contributed by atoms with Crippen molar-refractivity contribution in [3.63, 3.8) is 0 Å². The molecule has 0 saturated heterocycles. The average Bonchev–Trinajstić information content (AvgIpc) is 2.80. The number of carbonyl (C=O) groups excluding carboxylic acids is 2. The molecular weight excluding hydrogens is 402 g/mol. The van der Waals surface area contributed by atoms with Crippen molar-refractivity contribution < 1.29 is 19.1 Å². The Hall–Kier alpha value is -2.04. The van der Waals surface area contributed by atoms with Gasteiger partial charge in [0.2, 0.25) is 0 Å². The van der Waals surface area contributed by atoms with Crippen molar-refractivity contribution in [1.29, 1.82) is 0 Å². The first-order chi connectivity index (χ1) is 15.6. The lowest BCUT2D eigenvalue weighted by Crippen LogP contribution is -2.33. The molecule has 0 aliphatic carbocycles. The Morgan fingerprint density at radius 1 is 0.719 bits per heavy atom. The quantitative estimate of drug-likeness (QED) is 0.165. The summed E-state index contributed by atoms with van der Waals surface area (Å²) < 4.78 is 10.4. The van der Waals surface area contributed by atoms with Gasteiger partial charge < -0.3 is 14.4 Å². The van der Waals surface area contributed by atoms with Gasteiger partial charge in [-0.1, -0.05) is 121 Å². The second kappa shape index (κ2) is 19.6.